The summed E-state index contributed by atoms with van der Waals surface area (Å²) in [6.07, 6.45) is -4.48. The van der Waals surface area contributed by atoms with Gasteiger partial charge in [-0.2, -0.15) is 13.2 Å². The van der Waals surface area contributed by atoms with Gasteiger partial charge < -0.3 is 0 Å². The number of nitro groups is 1. The van der Waals surface area contributed by atoms with E-state index in [1.54, 1.807) is 0 Å². The summed E-state index contributed by atoms with van der Waals surface area (Å²) in [5.74, 6) is -1.36. The van der Waals surface area contributed by atoms with Crippen molar-refractivity contribution in [1.29, 1.82) is 0 Å². The normalized spacial score (nSPS) is 14.0. The van der Waals surface area contributed by atoms with E-state index in [1.807, 2.05) is 0 Å². The first-order chi connectivity index (χ1) is 11.7. The number of non-ortho nitro benzene ring substituents is 1. The van der Waals surface area contributed by atoms with E-state index in [4.69, 9.17) is 0 Å². The van der Waals surface area contributed by atoms with Gasteiger partial charge in [-0.1, -0.05) is 12.1 Å². The van der Waals surface area contributed by atoms with E-state index >= 15 is 0 Å². The second kappa shape index (κ2) is 5.69. The average molecular weight is 350 g/mol. The molecule has 0 radical (unpaired) electrons. The Labute approximate surface area is 138 Å². The molecule has 0 unspecified atom stereocenters. The molecule has 2 aromatic carbocycles. The third-order valence-corrected chi connectivity index (χ3v) is 3.79. The standard InChI is InChI=1S/C16H9F3N2O4/c17-16(18,19)10-3-1-9(2-4-10)8-20-14(22)12-6-5-11(21(24)25)7-13(12)15(20)23/h1-7H,8H2. The van der Waals surface area contributed by atoms with Crippen LogP contribution in [0, 0.1) is 10.1 Å². The summed E-state index contributed by atoms with van der Waals surface area (Å²) in [5, 5.41) is 10.8. The van der Waals surface area contributed by atoms with Gasteiger partial charge in [0.25, 0.3) is 17.5 Å². The summed E-state index contributed by atoms with van der Waals surface area (Å²) in [6, 6.07) is 7.40. The Hall–Kier alpha value is -3.23. The van der Waals surface area contributed by atoms with Crippen LogP contribution in [0.2, 0.25) is 0 Å². The van der Waals surface area contributed by atoms with Crippen LogP contribution in [0.5, 0.6) is 0 Å². The third kappa shape index (κ3) is 2.95. The molecule has 1 aliphatic rings. The average Bonchev–Trinajstić information content (AvgIpc) is 2.79. The number of rotatable bonds is 3. The van der Waals surface area contributed by atoms with Crippen LogP contribution in [0.4, 0.5) is 18.9 Å². The van der Waals surface area contributed by atoms with Gasteiger partial charge in [0.1, 0.15) is 0 Å². The van der Waals surface area contributed by atoms with Crippen LogP contribution in [0.3, 0.4) is 0 Å². The number of fused-ring (bicyclic) bond motifs is 1. The summed E-state index contributed by atoms with van der Waals surface area (Å²) in [6.45, 7) is -0.224. The van der Waals surface area contributed by atoms with Crippen LogP contribution in [-0.4, -0.2) is 21.6 Å². The topological polar surface area (TPSA) is 80.5 Å². The third-order valence-electron chi connectivity index (χ3n) is 3.79. The fourth-order valence-corrected chi connectivity index (χ4v) is 2.52. The molecule has 3 rings (SSSR count). The van der Waals surface area contributed by atoms with Crippen LogP contribution in [0.1, 0.15) is 31.8 Å². The fourth-order valence-electron chi connectivity index (χ4n) is 2.52. The van der Waals surface area contributed by atoms with Crippen LogP contribution in [0.25, 0.3) is 0 Å². The summed E-state index contributed by atoms with van der Waals surface area (Å²) < 4.78 is 37.7. The first kappa shape index (κ1) is 16.6. The molecule has 1 aliphatic heterocycles. The van der Waals surface area contributed by atoms with Gasteiger partial charge in [-0.15, -0.1) is 0 Å². The number of hydrogen-bond donors (Lipinski definition) is 0. The van der Waals surface area contributed by atoms with E-state index in [1.165, 1.54) is 18.2 Å². The highest BCUT2D eigenvalue weighted by atomic mass is 19.4. The van der Waals surface area contributed by atoms with E-state index in [2.05, 4.69) is 0 Å². The minimum atomic E-state index is -4.48. The van der Waals surface area contributed by atoms with Crippen molar-refractivity contribution in [1.82, 2.24) is 4.90 Å². The maximum Gasteiger partial charge on any atom is 0.416 e. The summed E-state index contributed by atoms with van der Waals surface area (Å²) in [4.78, 5) is 35.5. The number of nitrogens with zero attached hydrogens (tertiary/aromatic N) is 2. The molecule has 2 amide bonds. The Kier molecular flexibility index (Phi) is 3.78. The number of carbonyl (C=O) groups excluding carboxylic acids is 2. The molecular weight excluding hydrogens is 341 g/mol. The molecule has 0 spiro atoms. The quantitative estimate of drug-likeness (QED) is 0.483. The fraction of sp³-hybridized carbons (Fsp3) is 0.125. The van der Waals surface area contributed by atoms with Crippen molar-refractivity contribution in [2.45, 2.75) is 12.7 Å². The summed E-state index contributed by atoms with van der Waals surface area (Å²) in [5.41, 5.74) is -0.892. The highest BCUT2D eigenvalue weighted by Crippen LogP contribution is 2.31. The lowest BCUT2D eigenvalue weighted by atomic mass is 10.1. The lowest BCUT2D eigenvalue weighted by Gasteiger charge is -2.14. The van der Waals surface area contributed by atoms with Gasteiger partial charge in [0.2, 0.25) is 0 Å². The molecule has 0 aliphatic carbocycles. The largest absolute Gasteiger partial charge is 0.416 e. The zero-order valence-electron chi connectivity index (χ0n) is 12.4. The Morgan fingerprint density at radius 3 is 2.12 bits per heavy atom. The van der Waals surface area contributed by atoms with Crippen molar-refractivity contribution < 1.29 is 27.7 Å². The minimum Gasteiger partial charge on any atom is -0.270 e. The first-order valence-electron chi connectivity index (χ1n) is 6.99. The van der Waals surface area contributed by atoms with Crippen LogP contribution in [0.15, 0.2) is 42.5 Å². The molecule has 0 fully saturated rings. The molecule has 0 atom stereocenters. The zero-order chi connectivity index (χ0) is 18.4. The molecule has 128 valence electrons. The van der Waals surface area contributed by atoms with Crippen LogP contribution in [-0.2, 0) is 12.7 Å². The van der Waals surface area contributed by atoms with Gasteiger partial charge in [0.15, 0.2) is 0 Å². The van der Waals surface area contributed by atoms with Crippen molar-refractivity contribution in [3.63, 3.8) is 0 Å². The number of benzene rings is 2. The molecular formula is C16H9F3N2O4. The Bertz CT molecular complexity index is 891. The smallest absolute Gasteiger partial charge is 0.270 e. The lowest BCUT2D eigenvalue weighted by Crippen LogP contribution is -2.29. The Morgan fingerprint density at radius 2 is 1.56 bits per heavy atom. The second-order valence-corrected chi connectivity index (χ2v) is 5.38. The molecule has 1 heterocycles. The maximum absolute atomic E-state index is 12.6. The highest BCUT2D eigenvalue weighted by Gasteiger charge is 2.37. The molecule has 0 N–H and O–H groups in total. The van der Waals surface area contributed by atoms with Gasteiger partial charge in [-0.05, 0) is 23.8 Å². The van der Waals surface area contributed by atoms with Gasteiger partial charge in [0, 0.05) is 12.1 Å². The molecule has 0 aromatic heterocycles. The van der Waals surface area contributed by atoms with Crippen molar-refractivity contribution in [2.24, 2.45) is 0 Å². The SMILES string of the molecule is O=C1c2ccc([N+](=O)[O-])cc2C(=O)N1Cc1ccc(C(F)(F)F)cc1. The number of halogens is 3. The van der Waals surface area contributed by atoms with Gasteiger partial charge in [-0.3, -0.25) is 24.6 Å². The van der Waals surface area contributed by atoms with Crippen LogP contribution < -0.4 is 0 Å². The predicted octanol–water partition coefficient (Wildman–Crippen LogP) is 3.41. The number of carbonyl (C=O) groups is 2. The summed E-state index contributed by atoms with van der Waals surface area (Å²) in [7, 11) is 0. The van der Waals surface area contributed by atoms with Crippen molar-refractivity contribution >= 4 is 17.5 Å². The van der Waals surface area contributed by atoms with Crippen molar-refractivity contribution in [3.8, 4) is 0 Å². The number of alkyl halides is 3. The number of hydrogen-bond acceptors (Lipinski definition) is 4. The minimum absolute atomic E-state index is 0.0301. The molecule has 25 heavy (non-hydrogen) atoms. The lowest BCUT2D eigenvalue weighted by molar-refractivity contribution is -0.384. The Balaban J connectivity index is 1.86. The van der Waals surface area contributed by atoms with Gasteiger partial charge in [-0.25, -0.2) is 0 Å². The number of amides is 2. The van der Waals surface area contributed by atoms with Crippen LogP contribution >= 0.6 is 0 Å². The summed E-state index contributed by atoms with van der Waals surface area (Å²) >= 11 is 0. The second-order valence-electron chi connectivity index (χ2n) is 5.38. The van der Waals surface area contributed by atoms with E-state index in [9.17, 15) is 32.9 Å². The van der Waals surface area contributed by atoms with Gasteiger partial charge >= 0.3 is 6.18 Å². The van der Waals surface area contributed by atoms with E-state index in [-0.39, 0.29) is 23.4 Å². The maximum atomic E-state index is 12.6. The van der Waals surface area contributed by atoms with E-state index < -0.39 is 28.5 Å². The molecule has 6 nitrogen and oxygen atoms in total. The monoisotopic (exact) mass is 350 g/mol. The van der Waals surface area contributed by atoms with Crippen molar-refractivity contribution in [3.05, 3.63) is 74.8 Å². The van der Waals surface area contributed by atoms with E-state index in [0.29, 0.717) is 5.56 Å². The van der Waals surface area contributed by atoms with Gasteiger partial charge in [0.05, 0.1) is 28.2 Å². The highest BCUT2D eigenvalue weighted by molar-refractivity contribution is 6.21. The van der Waals surface area contributed by atoms with Crippen molar-refractivity contribution in [2.75, 3.05) is 0 Å². The Morgan fingerprint density at radius 1 is 0.960 bits per heavy atom. The molecule has 0 bridgehead atoms. The van der Waals surface area contributed by atoms with E-state index in [0.717, 1.165) is 29.2 Å². The predicted molar refractivity (Wildman–Crippen MR) is 78.7 cm³/mol. The molecule has 9 heteroatoms. The zero-order valence-corrected chi connectivity index (χ0v) is 12.4. The number of imide groups is 1. The molecule has 2 aromatic rings. The first-order valence-corrected chi connectivity index (χ1v) is 6.99. The molecule has 0 saturated carbocycles. The molecule has 0 saturated heterocycles. The number of nitro benzene ring substituents is 1.